The molecule has 2 heterocycles. The molecule has 3 atom stereocenters. The highest BCUT2D eigenvalue weighted by Gasteiger charge is 2.33. The van der Waals surface area contributed by atoms with Crippen LogP contribution in [0.5, 0.6) is 0 Å². The molecule has 2 amide bonds. The van der Waals surface area contributed by atoms with Crippen molar-refractivity contribution in [1.29, 1.82) is 0 Å². The lowest BCUT2D eigenvalue weighted by molar-refractivity contribution is -0.129. The first-order valence-corrected chi connectivity index (χ1v) is 12.0. The first-order chi connectivity index (χ1) is 14.8. The van der Waals surface area contributed by atoms with E-state index in [4.69, 9.17) is 16.3 Å². The molecule has 0 bridgehead atoms. The summed E-state index contributed by atoms with van der Waals surface area (Å²) in [4.78, 5) is 27.9. The minimum Gasteiger partial charge on any atom is -0.381 e. The van der Waals surface area contributed by atoms with Gasteiger partial charge in [0.15, 0.2) is 0 Å². The molecule has 1 aromatic carbocycles. The van der Waals surface area contributed by atoms with Crippen molar-refractivity contribution in [3.8, 4) is 0 Å². The molecular weight excluding hydrogens is 414 g/mol. The van der Waals surface area contributed by atoms with Crippen LogP contribution in [0.2, 0.25) is 5.02 Å². The van der Waals surface area contributed by atoms with Crippen molar-refractivity contribution in [2.45, 2.75) is 65.5 Å². The summed E-state index contributed by atoms with van der Waals surface area (Å²) in [5.41, 5.74) is 2.49. The van der Waals surface area contributed by atoms with E-state index in [0.29, 0.717) is 23.2 Å². The maximum Gasteiger partial charge on any atom is 0.251 e. The van der Waals surface area contributed by atoms with E-state index in [1.54, 1.807) is 6.07 Å². The maximum atomic E-state index is 13.1. The average molecular weight is 450 g/mol. The molecule has 2 aliphatic heterocycles. The Morgan fingerprint density at radius 1 is 1.29 bits per heavy atom. The number of nitrogens with zero attached hydrogens (tertiary/aromatic N) is 1. The van der Waals surface area contributed by atoms with Gasteiger partial charge in [-0.15, -0.1) is 0 Å². The van der Waals surface area contributed by atoms with Gasteiger partial charge < -0.3 is 20.3 Å². The molecule has 2 saturated heterocycles. The summed E-state index contributed by atoms with van der Waals surface area (Å²) >= 11 is 6.44. The van der Waals surface area contributed by atoms with Crippen LogP contribution in [0.3, 0.4) is 0 Å². The van der Waals surface area contributed by atoms with E-state index in [9.17, 15) is 9.59 Å². The van der Waals surface area contributed by atoms with Gasteiger partial charge in [-0.3, -0.25) is 9.59 Å². The van der Waals surface area contributed by atoms with E-state index in [0.717, 1.165) is 56.7 Å². The van der Waals surface area contributed by atoms with Gasteiger partial charge in [0, 0.05) is 54.7 Å². The van der Waals surface area contributed by atoms with Crippen LogP contribution < -0.4 is 15.5 Å². The van der Waals surface area contributed by atoms with Gasteiger partial charge >= 0.3 is 0 Å². The highest BCUT2D eigenvalue weighted by Crippen LogP contribution is 2.32. The Balaban J connectivity index is 1.74. The zero-order valence-corrected chi connectivity index (χ0v) is 19.9. The van der Waals surface area contributed by atoms with Crippen molar-refractivity contribution in [2.24, 2.45) is 11.8 Å². The number of anilines is 1. The molecule has 3 rings (SSSR count). The summed E-state index contributed by atoms with van der Waals surface area (Å²) < 4.78 is 5.52. The number of piperidine rings is 1. The van der Waals surface area contributed by atoms with Gasteiger partial charge in [-0.05, 0) is 63.1 Å². The predicted molar refractivity (Wildman–Crippen MR) is 125 cm³/mol. The smallest absolute Gasteiger partial charge is 0.251 e. The number of hydrogen-bond acceptors (Lipinski definition) is 4. The van der Waals surface area contributed by atoms with Gasteiger partial charge in [-0.2, -0.15) is 0 Å². The Labute approximate surface area is 191 Å². The molecular formula is C24H36ClN3O3. The number of carbonyl (C=O) groups is 2. The molecule has 172 valence electrons. The predicted octanol–water partition coefficient (Wildman–Crippen LogP) is 3.93. The Morgan fingerprint density at radius 2 is 2.00 bits per heavy atom. The highest BCUT2D eigenvalue weighted by molar-refractivity contribution is 6.31. The SMILES string of the molecule is CCC1CC(C)C(CNC(=O)c2cc(Cl)cc(N(CC)C3CCOCC3)c2C)C(=O)N1. The number of ether oxygens (including phenoxy) is 1. The summed E-state index contributed by atoms with van der Waals surface area (Å²) in [5, 5.41) is 6.61. The number of hydrogen-bond donors (Lipinski definition) is 2. The Kier molecular flexibility index (Phi) is 8.23. The van der Waals surface area contributed by atoms with Crippen LogP contribution in [0.1, 0.15) is 62.4 Å². The minimum absolute atomic E-state index is 0.0334. The third-order valence-corrected chi connectivity index (χ3v) is 7.09. The standard InChI is InChI=1S/C24H36ClN3O3/c1-5-18-11-15(3)21(24(30)27-18)14-26-23(29)20-12-17(25)13-22(16(20)4)28(6-2)19-7-9-31-10-8-19/h12-13,15,18-19,21H,5-11,14H2,1-4H3,(H,26,29)(H,27,30). The van der Waals surface area contributed by atoms with E-state index in [2.05, 4.69) is 36.3 Å². The van der Waals surface area contributed by atoms with E-state index >= 15 is 0 Å². The zero-order chi connectivity index (χ0) is 22.5. The lowest BCUT2D eigenvalue weighted by Gasteiger charge is -2.36. The Morgan fingerprint density at radius 3 is 2.61 bits per heavy atom. The first kappa shape index (κ1) is 23.9. The molecule has 0 saturated carbocycles. The fourth-order valence-electron chi connectivity index (χ4n) is 4.92. The molecule has 2 fully saturated rings. The Hall–Kier alpha value is -1.79. The summed E-state index contributed by atoms with van der Waals surface area (Å²) in [6.07, 6.45) is 3.81. The number of rotatable bonds is 7. The van der Waals surface area contributed by atoms with Crippen molar-refractivity contribution in [3.63, 3.8) is 0 Å². The van der Waals surface area contributed by atoms with Gasteiger partial charge in [-0.1, -0.05) is 25.4 Å². The quantitative estimate of drug-likeness (QED) is 0.661. The normalized spacial score (nSPS) is 24.5. The number of benzene rings is 1. The first-order valence-electron chi connectivity index (χ1n) is 11.6. The van der Waals surface area contributed by atoms with Gasteiger partial charge in [0.25, 0.3) is 5.91 Å². The number of halogens is 1. The van der Waals surface area contributed by atoms with Crippen LogP contribution in [-0.2, 0) is 9.53 Å². The van der Waals surface area contributed by atoms with Crippen molar-refractivity contribution >= 4 is 29.1 Å². The molecule has 0 radical (unpaired) electrons. The molecule has 1 aromatic rings. The van der Waals surface area contributed by atoms with E-state index in [1.165, 1.54) is 0 Å². The number of amides is 2. The van der Waals surface area contributed by atoms with Crippen LogP contribution in [0.15, 0.2) is 12.1 Å². The van der Waals surface area contributed by atoms with Crippen molar-refractivity contribution < 1.29 is 14.3 Å². The maximum absolute atomic E-state index is 13.1. The van der Waals surface area contributed by atoms with Gasteiger partial charge in [0.2, 0.25) is 5.91 Å². The minimum atomic E-state index is -0.208. The largest absolute Gasteiger partial charge is 0.381 e. The van der Waals surface area contributed by atoms with Crippen molar-refractivity contribution in [1.82, 2.24) is 10.6 Å². The van der Waals surface area contributed by atoms with E-state index in [1.807, 2.05) is 13.0 Å². The fraction of sp³-hybridized carbons (Fsp3) is 0.667. The third-order valence-electron chi connectivity index (χ3n) is 6.87. The third kappa shape index (κ3) is 5.53. The molecule has 2 aliphatic rings. The average Bonchev–Trinajstić information content (AvgIpc) is 2.76. The topological polar surface area (TPSA) is 70.7 Å². The second-order valence-electron chi connectivity index (χ2n) is 8.87. The van der Waals surface area contributed by atoms with Crippen LogP contribution in [0.25, 0.3) is 0 Å². The second-order valence-corrected chi connectivity index (χ2v) is 9.31. The summed E-state index contributed by atoms with van der Waals surface area (Å²) in [7, 11) is 0. The van der Waals surface area contributed by atoms with E-state index < -0.39 is 0 Å². The monoisotopic (exact) mass is 449 g/mol. The van der Waals surface area contributed by atoms with Gasteiger partial charge in [-0.25, -0.2) is 0 Å². The molecule has 7 heteroatoms. The second kappa shape index (κ2) is 10.7. The molecule has 6 nitrogen and oxygen atoms in total. The lowest BCUT2D eigenvalue weighted by Crippen LogP contribution is -2.51. The number of nitrogens with one attached hydrogen (secondary N) is 2. The van der Waals surface area contributed by atoms with Gasteiger partial charge in [0.1, 0.15) is 0 Å². The number of carbonyl (C=O) groups excluding carboxylic acids is 2. The summed E-state index contributed by atoms with van der Waals surface area (Å²) in [5.74, 6) is -0.118. The van der Waals surface area contributed by atoms with Crippen LogP contribution in [0.4, 0.5) is 5.69 Å². The van der Waals surface area contributed by atoms with Crippen molar-refractivity contribution in [2.75, 3.05) is 31.2 Å². The summed E-state index contributed by atoms with van der Waals surface area (Å²) in [6.45, 7) is 11.0. The molecule has 2 N–H and O–H groups in total. The Bertz CT molecular complexity index is 795. The fourth-order valence-corrected chi connectivity index (χ4v) is 5.13. The van der Waals surface area contributed by atoms with Crippen molar-refractivity contribution in [3.05, 3.63) is 28.3 Å². The molecule has 31 heavy (non-hydrogen) atoms. The van der Waals surface area contributed by atoms with Gasteiger partial charge in [0.05, 0.1) is 5.92 Å². The van der Waals surface area contributed by atoms with Crippen LogP contribution >= 0.6 is 11.6 Å². The summed E-state index contributed by atoms with van der Waals surface area (Å²) in [6, 6.07) is 4.29. The van der Waals surface area contributed by atoms with Crippen LogP contribution in [-0.4, -0.2) is 50.2 Å². The molecule has 3 unspecified atom stereocenters. The zero-order valence-electron chi connectivity index (χ0n) is 19.2. The van der Waals surface area contributed by atoms with E-state index in [-0.39, 0.29) is 29.7 Å². The molecule has 0 aliphatic carbocycles. The molecule has 0 spiro atoms. The lowest BCUT2D eigenvalue weighted by atomic mass is 9.83. The molecule has 0 aromatic heterocycles. The van der Waals surface area contributed by atoms with Crippen LogP contribution in [0, 0.1) is 18.8 Å². The highest BCUT2D eigenvalue weighted by atomic mass is 35.5.